The summed E-state index contributed by atoms with van der Waals surface area (Å²) in [5.41, 5.74) is 0. The van der Waals surface area contributed by atoms with Gasteiger partial charge >= 0.3 is 5.97 Å². The van der Waals surface area contributed by atoms with Crippen LogP contribution in [0.2, 0.25) is 0 Å². The molecule has 0 aliphatic heterocycles. The van der Waals surface area contributed by atoms with Gasteiger partial charge in [0, 0.05) is 0 Å². The SMILES string of the molecule is CCCCC/C=C\C/C=C\C/C=C\C/C=C\CC[C@@H](O)C(=O)OC. The van der Waals surface area contributed by atoms with Crippen LogP contribution in [0.4, 0.5) is 0 Å². The lowest BCUT2D eigenvalue weighted by Gasteiger charge is -2.05. The van der Waals surface area contributed by atoms with Crippen molar-refractivity contribution in [1.82, 2.24) is 0 Å². The van der Waals surface area contributed by atoms with Crippen molar-refractivity contribution < 1.29 is 14.6 Å². The molecule has 3 heteroatoms. The van der Waals surface area contributed by atoms with E-state index in [2.05, 4.69) is 48.1 Å². The molecule has 0 radical (unpaired) electrons. The minimum Gasteiger partial charge on any atom is -0.467 e. The molecule has 0 aromatic carbocycles. The van der Waals surface area contributed by atoms with Crippen LogP contribution in [0.25, 0.3) is 0 Å². The van der Waals surface area contributed by atoms with Gasteiger partial charge in [0.15, 0.2) is 6.10 Å². The van der Waals surface area contributed by atoms with Crippen LogP contribution in [0.15, 0.2) is 48.6 Å². The zero-order chi connectivity index (χ0) is 17.9. The van der Waals surface area contributed by atoms with E-state index in [1.807, 2.05) is 12.2 Å². The Labute approximate surface area is 147 Å². The molecule has 0 saturated carbocycles. The Kier molecular flexibility index (Phi) is 16.5. The van der Waals surface area contributed by atoms with Crippen LogP contribution in [0.5, 0.6) is 0 Å². The summed E-state index contributed by atoms with van der Waals surface area (Å²) in [5.74, 6) is -0.564. The molecule has 1 N–H and O–H groups in total. The minimum absolute atomic E-state index is 0.404. The third kappa shape index (κ3) is 15.3. The summed E-state index contributed by atoms with van der Waals surface area (Å²) in [4.78, 5) is 11.0. The fourth-order valence-electron chi connectivity index (χ4n) is 2.07. The molecule has 0 bridgehead atoms. The maximum absolute atomic E-state index is 11.0. The first kappa shape index (κ1) is 22.4. The maximum atomic E-state index is 11.0. The molecule has 136 valence electrons. The first-order valence-corrected chi connectivity index (χ1v) is 9.08. The van der Waals surface area contributed by atoms with Gasteiger partial charge in [0.05, 0.1) is 7.11 Å². The second kappa shape index (κ2) is 17.7. The highest BCUT2D eigenvalue weighted by molar-refractivity contribution is 5.74. The van der Waals surface area contributed by atoms with Crippen molar-refractivity contribution in [2.75, 3.05) is 7.11 Å². The molecular formula is C21H34O3. The molecule has 0 fully saturated rings. The number of allylic oxidation sites excluding steroid dienone is 8. The van der Waals surface area contributed by atoms with Gasteiger partial charge in [0.25, 0.3) is 0 Å². The summed E-state index contributed by atoms with van der Waals surface area (Å²) >= 11 is 0. The van der Waals surface area contributed by atoms with Crippen LogP contribution < -0.4 is 0 Å². The van der Waals surface area contributed by atoms with E-state index in [0.29, 0.717) is 12.8 Å². The van der Waals surface area contributed by atoms with Crippen LogP contribution in [0.3, 0.4) is 0 Å². The number of hydrogen-bond donors (Lipinski definition) is 1. The number of aliphatic hydroxyl groups excluding tert-OH is 1. The Morgan fingerprint density at radius 1 is 0.875 bits per heavy atom. The molecule has 1 atom stereocenters. The molecule has 24 heavy (non-hydrogen) atoms. The zero-order valence-electron chi connectivity index (χ0n) is 15.3. The third-order valence-corrected chi connectivity index (χ3v) is 3.54. The molecule has 0 aliphatic carbocycles. The Balaban J connectivity index is 3.53. The van der Waals surface area contributed by atoms with Crippen molar-refractivity contribution in [1.29, 1.82) is 0 Å². The van der Waals surface area contributed by atoms with E-state index in [-0.39, 0.29) is 0 Å². The fraction of sp³-hybridized carbons (Fsp3) is 0.571. The molecule has 0 aromatic rings. The standard InChI is InChI=1S/C21H34O3/c1-3-4-5-6-7-8-9-10-11-12-13-14-15-16-17-18-19-20(22)21(23)24-2/h7-8,10-11,13-14,16-17,20,22H,3-6,9,12,15,18-19H2,1-2H3/b8-7-,11-10-,14-13-,17-16-/t20-/m1/s1. The summed E-state index contributed by atoms with van der Waals surface area (Å²) in [6.07, 6.45) is 25.2. The van der Waals surface area contributed by atoms with Crippen molar-refractivity contribution in [3.05, 3.63) is 48.6 Å². The van der Waals surface area contributed by atoms with Gasteiger partial charge in [-0.1, -0.05) is 68.4 Å². The number of methoxy groups -OCH3 is 1. The van der Waals surface area contributed by atoms with Crippen LogP contribution in [0, 0.1) is 0 Å². The van der Waals surface area contributed by atoms with Gasteiger partial charge in [-0.15, -0.1) is 0 Å². The van der Waals surface area contributed by atoms with Gasteiger partial charge in [-0.05, 0) is 44.9 Å². The van der Waals surface area contributed by atoms with Gasteiger partial charge in [-0.3, -0.25) is 0 Å². The summed E-state index contributed by atoms with van der Waals surface area (Å²) < 4.78 is 4.46. The minimum atomic E-state index is -1.01. The van der Waals surface area contributed by atoms with E-state index in [9.17, 15) is 9.90 Å². The van der Waals surface area contributed by atoms with E-state index in [0.717, 1.165) is 19.3 Å². The fourth-order valence-corrected chi connectivity index (χ4v) is 2.07. The van der Waals surface area contributed by atoms with Gasteiger partial charge in [-0.2, -0.15) is 0 Å². The van der Waals surface area contributed by atoms with Crippen molar-refractivity contribution in [2.45, 2.75) is 70.8 Å². The smallest absolute Gasteiger partial charge is 0.334 e. The summed E-state index contributed by atoms with van der Waals surface area (Å²) in [6, 6.07) is 0. The summed E-state index contributed by atoms with van der Waals surface area (Å²) in [5, 5.41) is 9.40. The Hall–Kier alpha value is -1.61. The molecule has 0 aromatic heterocycles. The van der Waals surface area contributed by atoms with E-state index in [1.54, 1.807) is 0 Å². The maximum Gasteiger partial charge on any atom is 0.334 e. The highest BCUT2D eigenvalue weighted by Crippen LogP contribution is 2.02. The molecule has 0 rings (SSSR count). The normalized spacial score (nSPS) is 13.6. The van der Waals surface area contributed by atoms with Crippen LogP contribution >= 0.6 is 0 Å². The number of aliphatic hydroxyl groups is 1. The summed E-state index contributed by atoms with van der Waals surface area (Å²) in [6.45, 7) is 2.23. The number of esters is 1. The number of carbonyl (C=O) groups excluding carboxylic acids is 1. The third-order valence-electron chi connectivity index (χ3n) is 3.54. The van der Waals surface area contributed by atoms with Crippen molar-refractivity contribution in [3.63, 3.8) is 0 Å². The lowest BCUT2D eigenvalue weighted by atomic mass is 10.2. The Morgan fingerprint density at radius 2 is 1.38 bits per heavy atom. The van der Waals surface area contributed by atoms with E-state index < -0.39 is 12.1 Å². The van der Waals surface area contributed by atoms with Crippen molar-refractivity contribution >= 4 is 5.97 Å². The van der Waals surface area contributed by atoms with Gasteiger partial charge < -0.3 is 9.84 Å². The first-order valence-electron chi connectivity index (χ1n) is 9.08. The average Bonchev–Trinajstić information content (AvgIpc) is 2.60. The molecular weight excluding hydrogens is 300 g/mol. The van der Waals surface area contributed by atoms with Crippen molar-refractivity contribution in [2.24, 2.45) is 0 Å². The Bertz CT molecular complexity index is 405. The molecule has 0 aliphatic rings. The molecule has 0 heterocycles. The lowest BCUT2D eigenvalue weighted by molar-refractivity contribution is -0.150. The van der Waals surface area contributed by atoms with E-state index >= 15 is 0 Å². The second-order valence-corrected chi connectivity index (χ2v) is 5.70. The molecule has 0 unspecified atom stereocenters. The van der Waals surface area contributed by atoms with Gasteiger partial charge in [0.2, 0.25) is 0 Å². The van der Waals surface area contributed by atoms with Crippen molar-refractivity contribution in [3.8, 4) is 0 Å². The number of hydrogen-bond acceptors (Lipinski definition) is 3. The highest BCUT2D eigenvalue weighted by atomic mass is 16.5. The Morgan fingerprint density at radius 3 is 1.88 bits per heavy atom. The second-order valence-electron chi connectivity index (χ2n) is 5.70. The average molecular weight is 335 g/mol. The first-order chi connectivity index (χ1) is 11.7. The largest absolute Gasteiger partial charge is 0.467 e. The van der Waals surface area contributed by atoms with Crippen LogP contribution in [0.1, 0.15) is 64.7 Å². The summed E-state index contributed by atoms with van der Waals surface area (Å²) in [7, 11) is 1.28. The monoisotopic (exact) mass is 334 g/mol. The van der Waals surface area contributed by atoms with E-state index in [1.165, 1.54) is 32.8 Å². The van der Waals surface area contributed by atoms with E-state index in [4.69, 9.17) is 0 Å². The predicted molar refractivity (Wildman–Crippen MR) is 102 cm³/mol. The zero-order valence-corrected chi connectivity index (χ0v) is 15.3. The molecule has 0 spiro atoms. The molecule has 0 saturated heterocycles. The highest BCUT2D eigenvalue weighted by Gasteiger charge is 2.13. The topological polar surface area (TPSA) is 46.5 Å². The number of ether oxygens (including phenoxy) is 1. The van der Waals surface area contributed by atoms with Gasteiger partial charge in [0.1, 0.15) is 0 Å². The molecule has 0 amide bonds. The number of rotatable bonds is 14. The van der Waals surface area contributed by atoms with Gasteiger partial charge in [-0.25, -0.2) is 4.79 Å². The quantitative estimate of drug-likeness (QED) is 0.267. The van der Waals surface area contributed by atoms with Crippen LogP contribution in [-0.2, 0) is 9.53 Å². The number of unbranched alkanes of at least 4 members (excludes halogenated alkanes) is 3. The molecule has 3 nitrogen and oxygen atoms in total. The lowest BCUT2D eigenvalue weighted by Crippen LogP contribution is -2.21. The number of carbonyl (C=O) groups is 1. The van der Waals surface area contributed by atoms with Crippen LogP contribution in [-0.4, -0.2) is 24.3 Å². The predicted octanol–water partition coefficient (Wildman–Crippen LogP) is 5.28.